The molecule has 2 aromatic heterocycles. The van der Waals surface area contributed by atoms with Crippen molar-refractivity contribution in [3.05, 3.63) is 59.4 Å². The number of carbonyl (C=O) groups excluding carboxylic acids is 1. The van der Waals surface area contributed by atoms with Gasteiger partial charge in [0.05, 0.1) is 23.6 Å². The van der Waals surface area contributed by atoms with Crippen LogP contribution in [0.3, 0.4) is 0 Å². The van der Waals surface area contributed by atoms with Crippen molar-refractivity contribution < 1.29 is 27.1 Å². The van der Waals surface area contributed by atoms with Crippen molar-refractivity contribution in [2.75, 3.05) is 6.54 Å². The van der Waals surface area contributed by atoms with Gasteiger partial charge >= 0.3 is 6.18 Å². The van der Waals surface area contributed by atoms with Gasteiger partial charge in [0, 0.05) is 24.4 Å². The number of nitrogens with zero attached hydrogens (tertiary/aromatic N) is 4. The number of benzene rings is 1. The number of fused-ring (bicyclic) bond motifs is 1. The lowest BCUT2D eigenvalue weighted by Crippen LogP contribution is -2.26. The highest BCUT2D eigenvalue weighted by Crippen LogP contribution is 2.35. The first-order chi connectivity index (χ1) is 15.2. The fourth-order valence-electron chi connectivity index (χ4n) is 3.62. The summed E-state index contributed by atoms with van der Waals surface area (Å²) in [6.45, 7) is 4.72. The van der Waals surface area contributed by atoms with Crippen LogP contribution in [-0.2, 0) is 12.8 Å². The molecule has 0 atom stereocenters. The van der Waals surface area contributed by atoms with Gasteiger partial charge in [0.1, 0.15) is 0 Å². The molecule has 4 rings (SSSR count). The van der Waals surface area contributed by atoms with Crippen molar-refractivity contribution in [2.24, 2.45) is 0 Å². The van der Waals surface area contributed by atoms with Crippen LogP contribution >= 0.6 is 0 Å². The largest absolute Gasteiger partial charge is 0.436 e. The monoisotopic (exact) mass is 448 g/mol. The highest BCUT2D eigenvalue weighted by molar-refractivity contribution is 5.94. The quantitative estimate of drug-likeness (QED) is 0.473. The zero-order valence-corrected chi connectivity index (χ0v) is 17.4. The van der Waals surface area contributed by atoms with Gasteiger partial charge in [-0.15, -0.1) is 0 Å². The van der Waals surface area contributed by atoms with E-state index in [0.717, 1.165) is 25.1 Å². The maximum Gasteiger partial charge on any atom is 0.416 e. The molecule has 0 saturated heterocycles. The summed E-state index contributed by atoms with van der Waals surface area (Å²) in [4.78, 5) is 22.4. The summed E-state index contributed by atoms with van der Waals surface area (Å²) in [6, 6.07) is 5.61. The zero-order valence-electron chi connectivity index (χ0n) is 17.4. The molecule has 1 aliphatic rings. The van der Waals surface area contributed by atoms with Crippen LogP contribution in [0.2, 0.25) is 0 Å². The Morgan fingerprint density at radius 3 is 2.66 bits per heavy atom. The molecule has 1 aliphatic heterocycles. The van der Waals surface area contributed by atoms with Gasteiger partial charge in [0.2, 0.25) is 11.7 Å². The van der Waals surface area contributed by atoms with Crippen LogP contribution in [0, 0.1) is 12.7 Å². The summed E-state index contributed by atoms with van der Waals surface area (Å²) in [6.07, 6.45) is -1.79. The molecule has 1 amide bonds. The number of rotatable bonds is 6. The highest BCUT2D eigenvalue weighted by Gasteiger charge is 2.33. The Bertz CT molecular complexity index is 1170. The van der Waals surface area contributed by atoms with Gasteiger partial charge < -0.3 is 14.2 Å². The van der Waals surface area contributed by atoms with Gasteiger partial charge in [0.15, 0.2) is 11.6 Å². The first-order valence-corrected chi connectivity index (χ1v) is 10.1. The first-order valence-electron chi connectivity index (χ1n) is 10.1. The van der Waals surface area contributed by atoms with E-state index < -0.39 is 17.6 Å². The molecule has 3 heterocycles. The van der Waals surface area contributed by atoms with Crippen molar-refractivity contribution in [2.45, 2.75) is 39.5 Å². The van der Waals surface area contributed by atoms with Gasteiger partial charge in [-0.25, -0.2) is 14.4 Å². The molecule has 3 aromatic rings. The standard InChI is InChI=1S/C22H20F4N4O2/c1-3-4-9-29-12-30-19(13(2)28-20(30)21(29)31)14-5-6-17(16(23)10-14)32-18-11-15(7-8-27-18)22(24,25)26/h5-8,10-11H,3-4,9,12H2,1-2H3. The highest BCUT2D eigenvalue weighted by atomic mass is 19.4. The Hall–Kier alpha value is -3.43. The SMILES string of the molecule is CCCCN1Cn2c(nc(C)c2-c2ccc(Oc3cc(C(F)(F)F)ccn3)c(F)c2)C1=O. The lowest BCUT2D eigenvalue weighted by molar-refractivity contribution is -0.137. The number of unbranched alkanes of at least 4 members (excludes halogenated alkanes) is 1. The summed E-state index contributed by atoms with van der Waals surface area (Å²) in [5.74, 6) is -1.26. The fraction of sp³-hybridized carbons (Fsp3) is 0.318. The van der Waals surface area contributed by atoms with Crippen LogP contribution in [0.4, 0.5) is 17.6 Å². The molecular formula is C22H20F4N4O2. The third-order valence-electron chi connectivity index (χ3n) is 5.20. The maximum atomic E-state index is 14.8. The molecule has 0 radical (unpaired) electrons. The zero-order chi connectivity index (χ0) is 23.0. The minimum atomic E-state index is -4.56. The minimum Gasteiger partial charge on any atom is -0.436 e. The molecule has 32 heavy (non-hydrogen) atoms. The second-order valence-electron chi connectivity index (χ2n) is 7.49. The Morgan fingerprint density at radius 2 is 1.97 bits per heavy atom. The van der Waals surface area contributed by atoms with E-state index >= 15 is 0 Å². The summed E-state index contributed by atoms with van der Waals surface area (Å²) < 4.78 is 60.4. The summed E-state index contributed by atoms with van der Waals surface area (Å²) >= 11 is 0. The van der Waals surface area contributed by atoms with Gasteiger partial charge in [-0.05, 0) is 37.6 Å². The molecule has 10 heteroatoms. The third kappa shape index (κ3) is 4.04. The third-order valence-corrected chi connectivity index (χ3v) is 5.20. The van der Waals surface area contributed by atoms with Crippen LogP contribution in [0.5, 0.6) is 11.6 Å². The maximum absolute atomic E-state index is 14.8. The minimum absolute atomic E-state index is 0.163. The number of alkyl halides is 3. The van der Waals surface area contributed by atoms with Crippen LogP contribution in [0.15, 0.2) is 36.5 Å². The molecule has 0 spiro atoms. The predicted molar refractivity (Wildman–Crippen MR) is 108 cm³/mol. The van der Waals surface area contributed by atoms with Crippen LogP contribution in [0.25, 0.3) is 11.3 Å². The van der Waals surface area contributed by atoms with Crippen LogP contribution < -0.4 is 4.74 Å². The second-order valence-corrected chi connectivity index (χ2v) is 7.49. The Morgan fingerprint density at radius 1 is 1.19 bits per heavy atom. The van der Waals surface area contributed by atoms with Gasteiger partial charge in [-0.3, -0.25) is 4.79 Å². The molecule has 0 fully saturated rings. The van der Waals surface area contributed by atoms with E-state index in [-0.39, 0.29) is 17.5 Å². The van der Waals surface area contributed by atoms with Crippen molar-refractivity contribution >= 4 is 5.91 Å². The van der Waals surface area contributed by atoms with E-state index in [0.29, 0.717) is 42.1 Å². The molecule has 0 aliphatic carbocycles. The lowest BCUT2D eigenvalue weighted by Gasteiger charge is -2.16. The van der Waals surface area contributed by atoms with Gasteiger partial charge in [0.25, 0.3) is 5.91 Å². The number of hydrogen-bond donors (Lipinski definition) is 0. The van der Waals surface area contributed by atoms with E-state index in [4.69, 9.17) is 4.74 Å². The normalized spacial score (nSPS) is 13.6. The number of carbonyl (C=O) groups is 1. The lowest BCUT2D eigenvalue weighted by atomic mass is 10.1. The average Bonchev–Trinajstić information content (AvgIpc) is 3.22. The number of hydrogen-bond acceptors (Lipinski definition) is 4. The van der Waals surface area contributed by atoms with Crippen LogP contribution in [-0.4, -0.2) is 31.9 Å². The number of halogens is 4. The summed E-state index contributed by atoms with van der Waals surface area (Å²) in [7, 11) is 0. The van der Waals surface area contributed by atoms with E-state index in [1.807, 2.05) is 6.92 Å². The molecule has 0 saturated carbocycles. The van der Waals surface area contributed by atoms with Crippen molar-refractivity contribution in [1.29, 1.82) is 0 Å². The molecule has 1 aromatic carbocycles. The molecule has 0 bridgehead atoms. The van der Waals surface area contributed by atoms with E-state index in [2.05, 4.69) is 9.97 Å². The van der Waals surface area contributed by atoms with E-state index in [9.17, 15) is 22.4 Å². The van der Waals surface area contributed by atoms with E-state index in [1.165, 1.54) is 12.1 Å². The molecule has 0 unspecified atom stereocenters. The fourth-order valence-corrected chi connectivity index (χ4v) is 3.62. The molecular weight excluding hydrogens is 428 g/mol. The number of amides is 1. The number of ether oxygens (including phenoxy) is 1. The summed E-state index contributed by atoms with van der Waals surface area (Å²) in [5.41, 5.74) is 0.724. The molecule has 168 valence electrons. The number of aryl methyl sites for hydroxylation is 1. The Labute approximate surface area is 181 Å². The molecule has 6 nitrogen and oxygen atoms in total. The van der Waals surface area contributed by atoms with Crippen molar-refractivity contribution in [3.63, 3.8) is 0 Å². The van der Waals surface area contributed by atoms with Gasteiger partial charge in [-0.1, -0.05) is 13.3 Å². The van der Waals surface area contributed by atoms with Crippen LogP contribution in [0.1, 0.15) is 41.6 Å². The average molecular weight is 448 g/mol. The predicted octanol–water partition coefficient (Wildman–Crippen LogP) is 5.42. The molecule has 0 N–H and O–H groups in total. The first kappa shape index (κ1) is 21.8. The van der Waals surface area contributed by atoms with Crippen molar-refractivity contribution in [3.8, 4) is 22.9 Å². The van der Waals surface area contributed by atoms with E-state index in [1.54, 1.807) is 22.5 Å². The number of pyridine rings is 1. The second kappa shape index (κ2) is 8.25. The number of aromatic nitrogens is 3. The Kier molecular flexibility index (Phi) is 5.62. The smallest absolute Gasteiger partial charge is 0.416 e. The van der Waals surface area contributed by atoms with Crippen molar-refractivity contribution in [1.82, 2.24) is 19.4 Å². The number of imidazole rings is 1. The van der Waals surface area contributed by atoms with Gasteiger partial charge in [-0.2, -0.15) is 13.2 Å². The topological polar surface area (TPSA) is 60.3 Å². The Balaban J connectivity index is 1.61. The summed E-state index contributed by atoms with van der Waals surface area (Å²) in [5, 5.41) is 0.